The molecule has 0 fully saturated rings. The molecule has 0 atom stereocenters. The van der Waals surface area contributed by atoms with Crippen molar-refractivity contribution in [3.05, 3.63) is 23.8 Å². The molecule has 0 aliphatic heterocycles. The molecule has 0 aromatic heterocycles. The van der Waals surface area contributed by atoms with Crippen molar-refractivity contribution in [3.8, 4) is 5.75 Å². The Morgan fingerprint density at radius 1 is 1.35 bits per heavy atom. The van der Waals surface area contributed by atoms with Crippen molar-refractivity contribution in [2.75, 3.05) is 0 Å². The summed E-state index contributed by atoms with van der Waals surface area (Å²) in [5, 5.41) is 0. The first kappa shape index (κ1) is 13.5. The van der Waals surface area contributed by atoms with Gasteiger partial charge in [-0.3, -0.25) is 0 Å². The molecule has 0 aliphatic carbocycles. The number of rotatable bonds is 3. The number of carbonyl (C=O) groups excluding carboxylic acids is 1. The predicted octanol–water partition coefficient (Wildman–Crippen LogP) is 3.30. The summed E-state index contributed by atoms with van der Waals surface area (Å²) in [4.78, 5) is 13.1. The molecule has 1 radical (unpaired) electrons. The molecule has 0 unspecified atom stereocenters. The Balaban J connectivity index is 3.24. The van der Waals surface area contributed by atoms with Crippen LogP contribution in [0.15, 0.2) is 23.2 Å². The fourth-order valence-electron chi connectivity index (χ4n) is 1.19. The summed E-state index contributed by atoms with van der Waals surface area (Å²) in [6, 6.07) is 3.28. The first-order chi connectivity index (χ1) is 7.84. The zero-order chi connectivity index (χ0) is 13.1. The summed E-state index contributed by atoms with van der Waals surface area (Å²) < 4.78 is 43.2. The molecule has 0 saturated heterocycles. The van der Waals surface area contributed by atoms with Crippen LogP contribution in [0, 0.1) is 0 Å². The molecule has 0 bridgehead atoms. The Hall–Kier alpha value is -1.59. The topological polar surface area (TPSA) is 38.7 Å². The van der Waals surface area contributed by atoms with E-state index in [9.17, 15) is 18.0 Å². The van der Waals surface area contributed by atoms with Crippen LogP contribution in [0.2, 0.25) is 13.1 Å². The smallest absolute Gasteiger partial charge is 0.418 e. The molecule has 1 rings (SSSR count). The van der Waals surface area contributed by atoms with Crippen molar-refractivity contribution in [3.63, 3.8) is 0 Å². The quantitative estimate of drug-likeness (QED) is 0.475. The van der Waals surface area contributed by atoms with Crippen LogP contribution in [0.1, 0.15) is 5.56 Å². The minimum Gasteiger partial charge on any atom is -0.543 e. The van der Waals surface area contributed by atoms with E-state index in [0.29, 0.717) is 0 Å². The van der Waals surface area contributed by atoms with Gasteiger partial charge in [0.15, 0.2) is 0 Å². The van der Waals surface area contributed by atoms with Gasteiger partial charge in [0.1, 0.15) is 5.75 Å². The molecular weight excluding hydrogens is 251 g/mol. The van der Waals surface area contributed by atoms with E-state index < -0.39 is 26.5 Å². The summed E-state index contributed by atoms with van der Waals surface area (Å²) in [6.07, 6.45) is -3.48. The van der Waals surface area contributed by atoms with Gasteiger partial charge in [0.2, 0.25) is 6.08 Å². The van der Waals surface area contributed by atoms with Crippen LogP contribution in [0.25, 0.3) is 0 Å². The third-order valence-corrected chi connectivity index (χ3v) is 2.41. The molecule has 1 aromatic carbocycles. The molecule has 0 spiro atoms. The highest BCUT2D eigenvalue weighted by Gasteiger charge is 2.34. The zero-order valence-corrected chi connectivity index (χ0v) is 10.1. The molecule has 0 heterocycles. The van der Waals surface area contributed by atoms with Gasteiger partial charge in [0, 0.05) is 0 Å². The van der Waals surface area contributed by atoms with Gasteiger partial charge in [-0.05, 0) is 31.3 Å². The second-order valence-corrected chi connectivity index (χ2v) is 5.41. The van der Waals surface area contributed by atoms with Crippen molar-refractivity contribution < 1.29 is 22.4 Å². The van der Waals surface area contributed by atoms with Crippen LogP contribution in [-0.2, 0) is 11.0 Å². The van der Waals surface area contributed by atoms with E-state index in [4.69, 9.17) is 4.43 Å². The maximum Gasteiger partial charge on any atom is 0.418 e. The molecule has 3 nitrogen and oxygen atoms in total. The lowest BCUT2D eigenvalue weighted by Crippen LogP contribution is -2.12. The van der Waals surface area contributed by atoms with Crippen molar-refractivity contribution in [2.24, 2.45) is 4.99 Å². The highest BCUT2D eigenvalue weighted by Crippen LogP contribution is 2.38. The van der Waals surface area contributed by atoms with E-state index in [-0.39, 0.29) is 5.75 Å². The van der Waals surface area contributed by atoms with E-state index >= 15 is 0 Å². The summed E-state index contributed by atoms with van der Waals surface area (Å²) in [5.74, 6) is 0.126. The number of benzene rings is 1. The Bertz CT molecular complexity index is 453. The number of nitrogens with zero attached hydrogens (tertiary/aromatic N) is 1. The monoisotopic (exact) mass is 260 g/mol. The normalized spacial score (nSPS) is 11.2. The second-order valence-electron chi connectivity index (χ2n) is 3.39. The lowest BCUT2D eigenvalue weighted by atomic mass is 10.1. The fourth-order valence-corrected chi connectivity index (χ4v) is 1.79. The molecule has 0 saturated carbocycles. The van der Waals surface area contributed by atoms with E-state index in [1.54, 1.807) is 13.1 Å². The summed E-state index contributed by atoms with van der Waals surface area (Å²) in [7, 11) is -1.15. The Morgan fingerprint density at radius 3 is 2.47 bits per heavy atom. The van der Waals surface area contributed by atoms with Gasteiger partial charge >= 0.3 is 6.18 Å². The van der Waals surface area contributed by atoms with E-state index in [2.05, 4.69) is 4.99 Å². The highest BCUT2D eigenvalue weighted by molar-refractivity contribution is 6.49. The van der Waals surface area contributed by atoms with Crippen LogP contribution >= 0.6 is 0 Å². The number of isocyanates is 1. The van der Waals surface area contributed by atoms with Gasteiger partial charge in [0.25, 0.3) is 9.04 Å². The molecule has 7 heteroatoms. The SMILES string of the molecule is C[Si](C)Oc1ccc(N=C=O)c(C(F)(F)F)c1. The summed E-state index contributed by atoms with van der Waals surface area (Å²) in [5.41, 5.74) is -1.46. The van der Waals surface area contributed by atoms with Gasteiger partial charge in [-0.1, -0.05) is 0 Å². The Kier molecular flexibility index (Phi) is 4.09. The Morgan fingerprint density at radius 2 is 2.00 bits per heavy atom. The average Bonchev–Trinajstić information content (AvgIpc) is 2.18. The largest absolute Gasteiger partial charge is 0.543 e. The summed E-state index contributed by atoms with van der Waals surface area (Å²) in [6.45, 7) is 3.60. The maximum absolute atomic E-state index is 12.7. The number of halogens is 3. The lowest BCUT2D eigenvalue weighted by Gasteiger charge is -2.13. The van der Waals surface area contributed by atoms with Gasteiger partial charge in [-0.2, -0.15) is 18.2 Å². The average molecular weight is 260 g/mol. The first-order valence-corrected chi connectivity index (χ1v) is 7.02. The van der Waals surface area contributed by atoms with Crippen LogP contribution in [-0.4, -0.2) is 15.1 Å². The summed E-state index contributed by atoms with van der Waals surface area (Å²) >= 11 is 0. The van der Waals surface area contributed by atoms with Crippen LogP contribution in [0.5, 0.6) is 5.75 Å². The third kappa shape index (κ3) is 3.72. The molecule has 0 aliphatic rings. The van der Waals surface area contributed by atoms with Gasteiger partial charge in [0.05, 0.1) is 11.3 Å². The second kappa shape index (κ2) is 5.16. The van der Waals surface area contributed by atoms with Gasteiger partial charge in [-0.15, -0.1) is 0 Å². The standard InChI is InChI=1S/C10H9F3NO2Si/c1-17(2)16-7-3-4-9(14-6-15)8(5-7)10(11,12)13/h3-5H,1-2H3. The van der Waals surface area contributed by atoms with Gasteiger partial charge in [-0.25, -0.2) is 4.79 Å². The van der Waals surface area contributed by atoms with Crippen LogP contribution in [0.3, 0.4) is 0 Å². The minimum atomic E-state index is -4.58. The van der Waals surface area contributed by atoms with Crippen molar-refractivity contribution >= 4 is 20.8 Å². The van der Waals surface area contributed by atoms with E-state index in [1.807, 2.05) is 0 Å². The molecule has 91 valence electrons. The molecule has 0 N–H and O–H groups in total. The zero-order valence-electron chi connectivity index (χ0n) is 9.13. The fraction of sp³-hybridized carbons (Fsp3) is 0.300. The number of alkyl halides is 3. The van der Waals surface area contributed by atoms with Crippen molar-refractivity contribution in [1.29, 1.82) is 0 Å². The molecule has 17 heavy (non-hydrogen) atoms. The number of hydrogen-bond donors (Lipinski definition) is 0. The maximum atomic E-state index is 12.7. The molecule has 0 amide bonds. The van der Waals surface area contributed by atoms with Crippen molar-refractivity contribution in [2.45, 2.75) is 19.3 Å². The Labute approximate surface area is 97.7 Å². The van der Waals surface area contributed by atoms with Crippen molar-refractivity contribution in [1.82, 2.24) is 0 Å². The minimum absolute atomic E-state index is 0.126. The van der Waals surface area contributed by atoms with Crippen LogP contribution in [0.4, 0.5) is 18.9 Å². The van der Waals surface area contributed by atoms with E-state index in [0.717, 1.165) is 18.2 Å². The van der Waals surface area contributed by atoms with Gasteiger partial charge < -0.3 is 4.43 Å². The number of hydrogen-bond acceptors (Lipinski definition) is 3. The molecular formula is C10H9F3NO2Si. The highest BCUT2D eigenvalue weighted by atomic mass is 28.3. The van der Waals surface area contributed by atoms with E-state index in [1.165, 1.54) is 6.07 Å². The predicted molar refractivity (Wildman–Crippen MR) is 57.3 cm³/mol. The lowest BCUT2D eigenvalue weighted by molar-refractivity contribution is -0.137. The third-order valence-electron chi connectivity index (χ3n) is 1.76. The first-order valence-electron chi connectivity index (χ1n) is 4.61. The molecule has 1 aromatic rings. The van der Waals surface area contributed by atoms with Crippen LogP contribution < -0.4 is 4.43 Å². The number of aliphatic imine (C=N–C) groups is 1.